The number of nitrogens with zero attached hydrogens (tertiary/aromatic N) is 5. The van der Waals surface area contributed by atoms with E-state index in [1.165, 1.54) is 19.3 Å². The van der Waals surface area contributed by atoms with Crippen molar-refractivity contribution in [2.75, 3.05) is 43.1 Å². The van der Waals surface area contributed by atoms with Crippen molar-refractivity contribution in [1.29, 1.82) is 0 Å². The molecule has 4 heterocycles. The first-order chi connectivity index (χ1) is 13.1. The van der Waals surface area contributed by atoms with Gasteiger partial charge in [0.05, 0.1) is 11.8 Å². The molecular weight excluding hydrogens is 342 g/mol. The zero-order valence-corrected chi connectivity index (χ0v) is 16.5. The van der Waals surface area contributed by atoms with Crippen molar-refractivity contribution in [1.82, 2.24) is 15.1 Å². The lowest BCUT2D eigenvalue weighted by Gasteiger charge is -2.28. The fraction of sp³-hybridized carbons (Fsp3) is 0.650. The molecule has 27 heavy (non-hydrogen) atoms. The number of anilines is 2. The summed E-state index contributed by atoms with van der Waals surface area (Å²) in [6.45, 7) is 7.84. The first-order valence-corrected chi connectivity index (χ1v) is 9.93. The number of ether oxygens (including phenoxy) is 1. The zero-order chi connectivity index (χ0) is 18.8. The van der Waals surface area contributed by atoms with E-state index in [0.717, 1.165) is 61.5 Å². The van der Waals surface area contributed by atoms with Gasteiger partial charge in [-0.15, -0.1) is 0 Å². The number of methoxy groups -OCH3 is 1. The molecule has 7 nitrogen and oxygen atoms in total. The van der Waals surface area contributed by atoms with E-state index in [4.69, 9.17) is 19.2 Å². The standard InChI is InChI=1S/C20H29N5O2/c1-14-10-19(22-20(21-14)24-7-5-4-6-8-24)25-12-16(18(13-25)26-3)11-17-9-15(2)23-27-17/h9-10,16,18H,4-8,11-13H2,1-3H3/t16-,18+/m1/s1. The molecule has 0 unspecified atom stereocenters. The molecule has 2 fully saturated rings. The Morgan fingerprint density at radius 1 is 1.04 bits per heavy atom. The van der Waals surface area contributed by atoms with Crippen molar-refractivity contribution in [2.24, 2.45) is 5.92 Å². The highest BCUT2D eigenvalue weighted by atomic mass is 16.5. The van der Waals surface area contributed by atoms with Crippen molar-refractivity contribution >= 4 is 11.8 Å². The Hall–Kier alpha value is -2.15. The molecule has 4 rings (SSSR count). The van der Waals surface area contributed by atoms with Gasteiger partial charge in [-0.05, 0) is 33.1 Å². The lowest BCUT2D eigenvalue weighted by Crippen LogP contribution is -2.32. The molecule has 0 aliphatic carbocycles. The fourth-order valence-corrected chi connectivity index (χ4v) is 4.20. The normalized spacial score (nSPS) is 23.2. The van der Waals surface area contributed by atoms with Crippen molar-refractivity contribution < 1.29 is 9.26 Å². The van der Waals surface area contributed by atoms with Gasteiger partial charge in [0.1, 0.15) is 11.6 Å². The van der Waals surface area contributed by atoms with Crippen LogP contribution in [-0.2, 0) is 11.2 Å². The second kappa shape index (κ2) is 7.84. The summed E-state index contributed by atoms with van der Waals surface area (Å²) in [6.07, 6.45) is 4.74. The lowest BCUT2D eigenvalue weighted by molar-refractivity contribution is 0.0812. The van der Waals surface area contributed by atoms with Gasteiger partial charge in [0.25, 0.3) is 0 Å². The van der Waals surface area contributed by atoms with E-state index in [2.05, 4.69) is 27.9 Å². The van der Waals surface area contributed by atoms with Gasteiger partial charge in [0, 0.05) is 63.5 Å². The molecule has 2 atom stereocenters. The van der Waals surface area contributed by atoms with Crippen LogP contribution in [0.2, 0.25) is 0 Å². The van der Waals surface area contributed by atoms with E-state index >= 15 is 0 Å². The molecule has 0 bridgehead atoms. The van der Waals surface area contributed by atoms with Gasteiger partial charge in [0.15, 0.2) is 0 Å². The van der Waals surface area contributed by atoms with Gasteiger partial charge in [-0.2, -0.15) is 4.98 Å². The summed E-state index contributed by atoms with van der Waals surface area (Å²) in [4.78, 5) is 14.2. The van der Waals surface area contributed by atoms with Crippen LogP contribution in [0.5, 0.6) is 0 Å². The monoisotopic (exact) mass is 371 g/mol. The first-order valence-electron chi connectivity index (χ1n) is 9.93. The molecule has 2 aromatic heterocycles. The van der Waals surface area contributed by atoms with Crippen molar-refractivity contribution in [2.45, 2.75) is 45.6 Å². The predicted molar refractivity (Wildman–Crippen MR) is 104 cm³/mol. The Balaban J connectivity index is 1.51. The molecule has 0 saturated carbocycles. The highest BCUT2D eigenvalue weighted by molar-refractivity contribution is 5.47. The minimum absolute atomic E-state index is 0.157. The molecular formula is C20H29N5O2. The molecule has 0 spiro atoms. The molecule has 146 valence electrons. The van der Waals surface area contributed by atoms with Crippen LogP contribution >= 0.6 is 0 Å². The molecule has 0 radical (unpaired) electrons. The third-order valence-corrected chi connectivity index (χ3v) is 5.62. The molecule has 7 heteroatoms. The van der Waals surface area contributed by atoms with Crippen LogP contribution in [0.25, 0.3) is 0 Å². The van der Waals surface area contributed by atoms with E-state index in [1.807, 2.05) is 13.0 Å². The van der Waals surface area contributed by atoms with Gasteiger partial charge < -0.3 is 19.1 Å². The van der Waals surface area contributed by atoms with Gasteiger partial charge in [0.2, 0.25) is 5.95 Å². The maximum absolute atomic E-state index is 5.77. The van der Waals surface area contributed by atoms with Crippen molar-refractivity contribution in [3.8, 4) is 0 Å². The zero-order valence-electron chi connectivity index (χ0n) is 16.5. The predicted octanol–water partition coefficient (Wildman–Crippen LogP) is 2.77. The van der Waals surface area contributed by atoms with Crippen LogP contribution in [0.1, 0.15) is 36.4 Å². The summed E-state index contributed by atoms with van der Waals surface area (Å²) < 4.78 is 11.2. The molecule has 2 saturated heterocycles. The maximum Gasteiger partial charge on any atom is 0.227 e. The second-order valence-electron chi connectivity index (χ2n) is 7.79. The summed E-state index contributed by atoms with van der Waals surface area (Å²) in [6, 6.07) is 4.10. The first kappa shape index (κ1) is 18.2. The summed E-state index contributed by atoms with van der Waals surface area (Å²) in [5, 5.41) is 4.01. The summed E-state index contributed by atoms with van der Waals surface area (Å²) >= 11 is 0. The third kappa shape index (κ3) is 4.08. The smallest absolute Gasteiger partial charge is 0.227 e. The molecule has 2 aliphatic heterocycles. The van der Waals surface area contributed by atoms with Gasteiger partial charge in [-0.3, -0.25) is 0 Å². The summed E-state index contributed by atoms with van der Waals surface area (Å²) in [5.41, 5.74) is 1.94. The Kier molecular flexibility index (Phi) is 5.29. The van der Waals surface area contributed by atoms with Crippen molar-refractivity contribution in [3.63, 3.8) is 0 Å². The van der Waals surface area contributed by atoms with E-state index < -0.39 is 0 Å². The highest BCUT2D eigenvalue weighted by Crippen LogP contribution is 2.29. The van der Waals surface area contributed by atoms with Gasteiger partial charge >= 0.3 is 0 Å². The van der Waals surface area contributed by atoms with Crippen LogP contribution in [0.4, 0.5) is 11.8 Å². The Labute approximate surface area is 160 Å². The number of hydrogen-bond donors (Lipinski definition) is 0. The third-order valence-electron chi connectivity index (χ3n) is 5.62. The lowest BCUT2D eigenvalue weighted by atomic mass is 10.0. The molecule has 2 aliphatic rings. The van der Waals surface area contributed by atoms with Gasteiger partial charge in [-0.25, -0.2) is 4.98 Å². The highest BCUT2D eigenvalue weighted by Gasteiger charge is 2.35. The Morgan fingerprint density at radius 2 is 1.85 bits per heavy atom. The SMILES string of the molecule is CO[C@H]1CN(c2cc(C)nc(N3CCCCC3)n2)C[C@H]1Cc1cc(C)no1. The van der Waals surface area contributed by atoms with E-state index in [-0.39, 0.29) is 6.10 Å². The van der Waals surface area contributed by atoms with Crippen LogP contribution in [-0.4, -0.2) is 54.5 Å². The minimum atomic E-state index is 0.157. The molecule has 0 amide bonds. The van der Waals surface area contributed by atoms with Crippen LogP contribution in [0.15, 0.2) is 16.7 Å². The number of piperidine rings is 1. The average Bonchev–Trinajstić information content (AvgIpc) is 3.28. The van der Waals surface area contributed by atoms with Crippen molar-refractivity contribution in [3.05, 3.63) is 29.3 Å². The molecule has 0 aromatic carbocycles. The Bertz CT molecular complexity index is 771. The average molecular weight is 371 g/mol. The molecule has 2 aromatic rings. The second-order valence-corrected chi connectivity index (χ2v) is 7.79. The molecule has 0 N–H and O–H groups in total. The number of aryl methyl sites for hydroxylation is 2. The maximum atomic E-state index is 5.77. The quantitative estimate of drug-likeness (QED) is 0.800. The van der Waals surface area contributed by atoms with E-state index in [0.29, 0.717) is 5.92 Å². The van der Waals surface area contributed by atoms with Gasteiger partial charge in [-0.1, -0.05) is 5.16 Å². The van der Waals surface area contributed by atoms with Crippen LogP contribution < -0.4 is 9.80 Å². The van der Waals surface area contributed by atoms with E-state index in [9.17, 15) is 0 Å². The topological polar surface area (TPSA) is 67.5 Å². The largest absolute Gasteiger partial charge is 0.379 e. The van der Waals surface area contributed by atoms with Crippen LogP contribution in [0, 0.1) is 19.8 Å². The Morgan fingerprint density at radius 3 is 2.56 bits per heavy atom. The summed E-state index contributed by atoms with van der Waals surface area (Å²) in [7, 11) is 1.79. The van der Waals surface area contributed by atoms with E-state index in [1.54, 1.807) is 7.11 Å². The number of hydrogen-bond acceptors (Lipinski definition) is 7. The number of rotatable bonds is 5. The number of aromatic nitrogens is 3. The minimum Gasteiger partial charge on any atom is -0.379 e. The summed E-state index contributed by atoms with van der Waals surface area (Å²) in [5.74, 6) is 3.15. The fourth-order valence-electron chi connectivity index (χ4n) is 4.20. The van der Waals surface area contributed by atoms with Crippen LogP contribution in [0.3, 0.4) is 0 Å².